The van der Waals surface area contributed by atoms with Crippen LogP contribution in [0.2, 0.25) is 0 Å². The van der Waals surface area contributed by atoms with Gasteiger partial charge in [-0.3, -0.25) is 9.48 Å². The van der Waals surface area contributed by atoms with Gasteiger partial charge in [0.05, 0.1) is 11.8 Å². The van der Waals surface area contributed by atoms with E-state index in [0.29, 0.717) is 0 Å². The number of carbonyl (C=O) groups excluding carboxylic acids is 1. The predicted molar refractivity (Wildman–Crippen MR) is 52.5 cm³/mol. The van der Waals surface area contributed by atoms with E-state index in [9.17, 15) is 18.0 Å². The van der Waals surface area contributed by atoms with Crippen LogP contribution in [0.15, 0.2) is 12.4 Å². The van der Waals surface area contributed by atoms with Gasteiger partial charge in [-0.25, -0.2) is 0 Å². The number of nitrogens with zero attached hydrogens (tertiary/aromatic N) is 4. The van der Waals surface area contributed by atoms with Gasteiger partial charge in [0, 0.05) is 13.2 Å². The lowest BCUT2D eigenvalue weighted by Crippen LogP contribution is -2.18. The molecule has 0 aliphatic carbocycles. The lowest BCUT2D eigenvalue weighted by atomic mass is 10.2. The average molecular weight is 260 g/mol. The van der Waals surface area contributed by atoms with Gasteiger partial charge >= 0.3 is 6.18 Å². The van der Waals surface area contributed by atoms with Crippen LogP contribution >= 0.6 is 0 Å². The summed E-state index contributed by atoms with van der Waals surface area (Å²) >= 11 is 0. The zero-order valence-corrected chi connectivity index (χ0v) is 8.99. The van der Waals surface area contributed by atoms with E-state index in [2.05, 4.69) is 25.8 Å². The van der Waals surface area contributed by atoms with E-state index in [1.54, 1.807) is 0 Å². The molecule has 2 aromatic heterocycles. The molecule has 0 aliphatic heterocycles. The zero-order valence-electron chi connectivity index (χ0n) is 8.99. The summed E-state index contributed by atoms with van der Waals surface area (Å²) in [4.78, 5) is 11.6. The predicted octanol–water partition coefficient (Wildman–Crippen LogP) is 0.809. The van der Waals surface area contributed by atoms with Crippen molar-refractivity contribution >= 4 is 11.7 Å². The number of aromatic nitrogens is 5. The highest BCUT2D eigenvalue weighted by Crippen LogP contribution is 2.30. The van der Waals surface area contributed by atoms with Crippen LogP contribution in [0, 0.1) is 0 Å². The van der Waals surface area contributed by atoms with Crippen molar-refractivity contribution in [1.82, 2.24) is 25.2 Å². The summed E-state index contributed by atoms with van der Waals surface area (Å²) in [5.74, 6) is -0.929. The molecule has 0 saturated heterocycles. The molecule has 2 N–H and O–H groups in total. The van der Waals surface area contributed by atoms with E-state index in [-0.39, 0.29) is 5.82 Å². The standard InChI is InChI=1S/C8H7F3N6O/c1-17-3-4(6(15-17)8(9,10)11)7(18)13-5-2-12-16-14-5/h2-3H,1H3,(H2,12,13,14,16,18). The van der Waals surface area contributed by atoms with Gasteiger partial charge in [0.25, 0.3) is 5.91 Å². The summed E-state index contributed by atoms with van der Waals surface area (Å²) in [6, 6.07) is 0. The highest BCUT2D eigenvalue weighted by Gasteiger charge is 2.39. The Morgan fingerprint density at radius 3 is 2.78 bits per heavy atom. The van der Waals surface area contributed by atoms with Gasteiger partial charge in [-0.1, -0.05) is 0 Å². The average Bonchev–Trinajstić information content (AvgIpc) is 2.85. The van der Waals surface area contributed by atoms with Gasteiger partial charge in [-0.15, -0.1) is 5.10 Å². The van der Waals surface area contributed by atoms with Gasteiger partial charge < -0.3 is 5.32 Å². The van der Waals surface area contributed by atoms with E-state index in [1.807, 2.05) is 0 Å². The topological polar surface area (TPSA) is 88.5 Å². The van der Waals surface area contributed by atoms with Crippen molar-refractivity contribution in [2.75, 3.05) is 5.32 Å². The Bertz CT molecular complexity index is 558. The number of halogens is 3. The Kier molecular flexibility index (Phi) is 2.77. The monoisotopic (exact) mass is 260 g/mol. The fourth-order valence-electron chi connectivity index (χ4n) is 1.31. The number of aromatic amines is 1. The molecule has 0 unspecified atom stereocenters. The quantitative estimate of drug-likeness (QED) is 0.836. The van der Waals surface area contributed by atoms with Crippen molar-refractivity contribution in [2.45, 2.75) is 6.18 Å². The van der Waals surface area contributed by atoms with E-state index in [1.165, 1.54) is 13.2 Å². The summed E-state index contributed by atoms with van der Waals surface area (Å²) in [6.45, 7) is 0. The molecule has 96 valence electrons. The number of nitrogens with one attached hydrogen (secondary N) is 2. The minimum absolute atomic E-state index is 0.0250. The van der Waals surface area contributed by atoms with E-state index < -0.39 is 23.3 Å². The highest BCUT2D eigenvalue weighted by molar-refractivity contribution is 6.04. The van der Waals surface area contributed by atoms with Crippen molar-refractivity contribution in [2.24, 2.45) is 7.05 Å². The molecule has 10 heteroatoms. The SMILES string of the molecule is Cn1cc(C(=O)Nc2cn[nH]n2)c(C(F)(F)F)n1. The van der Waals surface area contributed by atoms with Crippen molar-refractivity contribution in [1.29, 1.82) is 0 Å². The third-order valence-corrected chi connectivity index (χ3v) is 2.00. The maximum absolute atomic E-state index is 12.6. The molecule has 2 rings (SSSR count). The number of rotatable bonds is 2. The highest BCUT2D eigenvalue weighted by atomic mass is 19.4. The van der Waals surface area contributed by atoms with Gasteiger partial charge in [0.2, 0.25) is 0 Å². The summed E-state index contributed by atoms with van der Waals surface area (Å²) in [5.41, 5.74) is -1.82. The first kappa shape index (κ1) is 12.1. The normalized spacial score (nSPS) is 11.6. The van der Waals surface area contributed by atoms with E-state index in [4.69, 9.17) is 0 Å². The first-order valence-corrected chi connectivity index (χ1v) is 4.66. The van der Waals surface area contributed by atoms with Crippen LogP contribution in [-0.2, 0) is 13.2 Å². The first-order chi connectivity index (χ1) is 8.38. The Morgan fingerprint density at radius 1 is 1.50 bits per heavy atom. The molecule has 2 aromatic rings. The number of hydrogen-bond acceptors (Lipinski definition) is 4. The minimum Gasteiger partial charge on any atom is -0.304 e. The molecule has 0 bridgehead atoms. The molecular weight excluding hydrogens is 253 g/mol. The van der Waals surface area contributed by atoms with Crippen LogP contribution in [0.5, 0.6) is 0 Å². The van der Waals surface area contributed by atoms with Crippen LogP contribution in [0.1, 0.15) is 16.1 Å². The molecule has 1 amide bonds. The maximum atomic E-state index is 12.6. The number of H-pyrrole nitrogens is 1. The second kappa shape index (κ2) is 4.13. The van der Waals surface area contributed by atoms with Gasteiger partial charge in [0.1, 0.15) is 0 Å². The van der Waals surface area contributed by atoms with Crippen LogP contribution in [-0.4, -0.2) is 31.1 Å². The number of amides is 1. The summed E-state index contributed by atoms with van der Waals surface area (Å²) in [5, 5.41) is 14.5. The molecule has 2 heterocycles. The maximum Gasteiger partial charge on any atom is 0.435 e. The summed E-state index contributed by atoms with van der Waals surface area (Å²) < 4.78 is 38.7. The van der Waals surface area contributed by atoms with Crippen molar-refractivity contribution in [3.63, 3.8) is 0 Å². The smallest absolute Gasteiger partial charge is 0.304 e. The van der Waals surface area contributed by atoms with Crippen LogP contribution in [0.3, 0.4) is 0 Å². The Balaban J connectivity index is 2.30. The summed E-state index contributed by atoms with van der Waals surface area (Å²) in [6.07, 6.45) is -2.54. The van der Waals surface area contributed by atoms with E-state index >= 15 is 0 Å². The Hall–Kier alpha value is -2.39. The molecule has 0 fully saturated rings. The van der Waals surface area contributed by atoms with Crippen molar-refractivity contribution in [3.8, 4) is 0 Å². The number of aryl methyl sites for hydroxylation is 1. The van der Waals surface area contributed by atoms with Crippen molar-refractivity contribution in [3.05, 3.63) is 23.7 Å². The molecule has 0 spiro atoms. The van der Waals surface area contributed by atoms with Crippen molar-refractivity contribution < 1.29 is 18.0 Å². The zero-order chi connectivity index (χ0) is 13.3. The molecule has 18 heavy (non-hydrogen) atoms. The van der Waals surface area contributed by atoms with Crippen LogP contribution in [0.25, 0.3) is 0 Å². The molecule has 0 aliphatic rings. The fraction of sp³-hybridized carbons (Fsp3) is 0.250. The number of carbonyl (C=O) groups is 1. The molecule has 0 atom stereocenters. The molecule has 0 saturated carbocycles. The number of anilines is 1. The lowest BCUT2D eigenvalue weighted by molar-refractivity contribution is -0.141. The number of alkyl halides is 3. The Labute approximate surface area is 98.0 Å². The van der Waals surface area contributed by atoms with Gasteiger partial charge in [0.15, 0.2) is 11.5 Å². The third-order valence-electron chi connectivity index (χ3n) is 2.00. The third kappa shape index (κ3) is 2.31. The lowest BCUT2D eigenvalue weighted by Gasteiger charge is -2.05. The molecular formula is C8H7F3N6O. The molecule has 0 radical (unpaired) electrons. The largest absolute Gasteiger partial charge is 0.435 e. The van der Waals surface area contributed by atoms with Crippen LogP contribution in [0.4, 0.5) is 19.0 Å². The first-order valence-electron chi connectivity index (χ1n) is 4.66. The Morgan fingerprint density at radius 2 is 2.22 bits per heavy atom. The molecule has 0 aromatic carbocycles. The molecule has 7 nitrogen and oxygen atoms in total. The summed E-state index contributed by atoms with van der Waals surface area (Å²) in [7, 11) is 1.29. The van der Waals surface area contributed by atoms with Gasteiger partial charge in [-0.05, 0) is 0 Å². The second-order valence-corrected chi connectivity index (χ2v) is 3.37. The number of hydrogen-bond donors (Lipinski definition) is 2. The van der Waals surface area contributed by atoms with E-state index in [0.717, 1.165) is 10.9 Å². The van der Waals surface area contributed by atoms with Crippen LogP contribution < -0.4 is 5.32 Å². The van der Waals surface area contributed by atoms with Gasteiger partial charge in [-0.2, -0.15) is 28.6 Å². The minimum atomic E-state index is -4.70. The second-order valence-electron chi connectivity index (χ2n) is 3.37. The fourth-order valence-corrected chi connectivity index (χ4v) is 1.31.